The first kappa shape index (κ1) is 14.8. The van der Waals surface area contributed by atoms with Crippen LogP contribution in [-0.4, -0.2) is 22.4 Å². The molecule has 108 valence electrons. The summed E-state index contributed by atoms with van der Waals surface area (Å²) >= 11 is 8.05. The van der Waals surface area contributed by atoms with Crippen LogP contribution < -0.4 is 0 Å². The second kappa shape index (κ2) is 4.97. The zero-order chi connectivity index (χ0) is 15.4. The van der Waals surface area contributed by atoms with Crippen LogP contribution in [0.4, 0.5) is 0 Å². The van der Waals surface area contributed by atoms with Gasteiger partial charge in [0.15, 0.2) is 0 Å². The Morgan fingerprint density at radius 3 is 2.48 bits per heavy atom. The molecule has 1 amide bonds. The van der Waals surface area contributed by atoms with Crippen molar-refractivity contribution < 1.29 is 14.1 Å². The van der Waals surface area contributed by atoms with E-state index >= 15 is 0 Å². The van der Waals surface area contributed by atoms with E-state index in [1.54, 1.807) is 23.5 Å². The lowest BCUT2D eigenvalue weighted by Gasteiger charge is -2.19. The maximum Gasteiger partial charge on any atom is 0.465 e. The summed E-state index contributed by atoms with van der Waals surface area (Å²) in [6.45, 7) is 10.1. The highest BCUT2D eigenvalue weighted by atomic mass is 32.2. The second-order valence-corrected chi connectivity index (χ2v) is 8.55. The summed E-state index contributed by atoms with van der Waals surface area (Å²) in [5, 5.41) is 0.107. The first-order valence-electron chi connectivity index (χ1n) is 6.38. The molecule has 1 fully saturated rings. The number of benzene rings is 1. The second-order valence-electron chi connectivity index (χ2n) is 5.83. The van der Waals surface area contributed by atoms with Crippen LogP contribution in [0.25, 0.3) is 0 Å². The van der Waals surface area contributed by atoms with Crippen LogP contribution >= 0.6 is 35.7 Å². The van der Waals surface area contributed by atoms with Crippen LogP contribution in [-0.2, 0) is 14.9 Å². The number of hydrogen-bond donors (Lipinski definition) is 0. The summed E-state index contributed by atoms with van der Waals surface area (Å²) in [6.07, 6.45) is 0. The monoisotopic (exact) mass is 336 g/mol. The lowest BCUT2D eigenvalue weighted by atomic mass is 9.87. The average molecular weight is 336 g/mol. The van der Waals surface area contributed by atoms with Gasteiger partial charge in [0, 0.05) is 22.0 Å². The lowest BCUT2D eigenvalue weighted by molar-refractivity contribution is -0.321. The summed E-state index contributed by atoms with van der Waals surface area (Å²) in [6, 6.07) is 6.41. The fraction of sp³-hybridized carbons (Fsp3) is 0.267. The van der Waals surface area contributed by atoms with Gasteiger partial charge in [-0.05, 0) is 23.1 Å². The molecule has 0 aliphatic carbocycles. The molecule has 1 aromatic rings. The van der Waals surface area contributed by atoms with Gasteiger partial charge in [0.1, 0.15) is 11.0 Å². The van der Waals surface area contributed by atoms with Crippen molar-refractivity contribution in [3.8, 4) is 0 Å². The first-order valence-corrected chi connectivity index (χ1v) is 8.43. The third-order valence-electron chi connectivity index (χ3n) is 3.25. The Bertz CT molecular complexity index is 729. The summed E-state index contributed by atoms with van der Waals surface area (Å²) in [7, 11) is 0. The van der Waals surface area contributed by atoms with Crippen molar-refractivity contribution in [2.24, 2.45) is 0 Å². The smallest absolute Gasteiger partial charge is 0.383 e. The summed E-state index contributed by atoms with van der Waals surface area (Å²) in [5.41, 5.74) is 1.37. The SMILES string of the molecule is C=[N+]1C(=O)/C(=C2\Sc3ccc(C(C)(C)C)cc3S2)OC1=S. The summed E-state index contributed by atoms with van der Waals surface area (Å²) in [4.78, 5) is 14.3. The molecule has 1 saturated heterocycles. The van der Waals surface area contributed by atoms with Gasteiger partial charge in [-0.15, -0.1) is 0 Å². The number of thiocarbonyl (C=S) groups is 1. The van der Waals surface area contributed by atoms with Crippen molar-refractivity contribution in [3.05, 3.63) is 33.8 Å². The Morgan fingerprint density at radius 2 is 1.90 bits per heavy atom. The van der Waals surface area contributed by atoms with Crippen molar-refractivity contribution in [3.63, 3.8) is 0 Å². The number of rotatable bonds is 0. The zero-order valence-electron chi connectivity index (χ0n) is 11.9. The molecule has 2 heterocycles. The topological polar surface area (TPSA) is 29.3 Å². The van der Waals surface area contributed by atoms with E-state index in [-0.39, 0.29) is 16.5 Å². The molecule has 3 nitrogen and oxygen atoms in total. The van der Waals surface area contributed by atoms with Crippen LogP contribution in [0.15, 0.2) is 38.0 Å². The van der Waals surface area contributed by atoms with E-state index in [9.17, 15) is 4.79 Å². The van der Waals surface area contributed by atoms with Crippen LogP contribution in [0.3, 0.4) is 0 Å². The molecule has 0 radical (unpaired) electrons. The molecule has 2 aliphatic heterocycles. The minimum absolute atomic E-state index is 0.0987. The molecular weight excluding hydrogens is 322 g/mol. The van der Waals surface area contributed by atoms with Crippen molar-refractivity contribution >= 4 is 53.5 Å². The Hall–Kier alpha value is -1.11. The molecule has 0 bridgehead atoms. The molecule has 3 rings (SSSR count). The standard InChI is InChI=1S/C15H14NO2S3/c1-15(2,3)8-5-6-9-10(7-8)21-13(20-9)11-12(17)16(4)14(19)18-11/h5-7H,4H2,1-3H3/q+1/b13-11-. The number of carbonyl (C=O) groups is 1. The van der Waals surface area contributed by atoms with Crippen molar-refractivity contribution in [1.29, 1.82) is 0 Å². The summed E-state index contributed by atoms with van der Waals surface area (Å²) in [5.74, 6) is 0.0114. The third-order valence-corrected chi connectivity index (χ3v) is 6.06. The van der Waals surface area contributed by atoms with Gasteiger partial charge in [0.05, 0.1) is 0 Å². The van der Waals surface area contributed by atoms with Crippen LogP contribution in [0.2, 0.25) is 0 Å². The number of amides is 1. The third kappa shape index (κ3) is 2.56. The van der Waals surface area contributed by atoms with Crippen LogP contribution in [0.1, 0.15) is 26.3 Å². The molecule has 21 heavy (non-hydrogen) atoms. The van der Waals surface area contributed by atoms with E-state index in [0.29, 0.717) is 5.76 Å². The highest BCUT2D eigenvalue weighted by molar-refractivity contribution is 8.24. The lowest BCUT2D eigenvalue weighted by Crippen LogP contribution is -2.14. The molecule has 0 N–H and O–H groups in total. The molecule has 0 spiro atoms. The van der Waals surface area contributed by atoms with Gasteiger partial charge in [-0.3, -0.25) is 0 Å². The Balaban J connectivity index is 1.97. The Kier molecular flexibility index (Phi) is 3.50. The highest BCUT2D eigenvalue weighted by Crippen LogP contribution is 2.53. The molecule has 1 aromatic carbocycles. The maximum atomic E-state index is 12.0. The molecule has 2 aliphatic rings. The molecule has 0 saturated carbocycles. The Labute approximate surface area is 137 Å². The van der Waals surface area contributed by atoms with Gasteiger partial charge >= 0.3 is 11.1 Å². The summed E-state index contributed by atoms with van der Waals surface area (Å²) < 4.78 is 7.32. The van der Waals surface area contributed by atoms with Gasteiger partial charge in [0.25, 0.3) is 5.76 Å². The average Bonchev–Trinajstić information content (AvgIpc) is 2.93. The van der Waals surface area contributed by atoms with E-state index in [4.69, 9.17) is 17.0 Å². The molecule has 6 heteroatoms. The number of nitrogens with zero attached hydrogens (tertiary/aromatic N) is 1. The highest BCUT2D eigenvalue weighted by Gasteiger charge is 2.43. The normalized spacial score (nSPS) is 21.8. The fourth-order valence-corrected chi connectivity index (χ4v) is 4.59. The van der Waals surface area contributed by atoms with Crippen molar-refractivity contribution in [2.45, 2.75) is 36.0 Å². The number of carbonyl (C=O) groups excluding carboxylic acids is 1. The number of hydrogen-bond acceptors (Lipinski definition) is 5. The molecule has 0 unspecified atom stereocenters. The minimum Gasteiger partial charge on any atom is -0.383 e. The van der Waals surface area contributed by atoms with Crippen molar-refractivity contribution in [1.82, 2.24) is 0 Å². The van der Waals surface area contributed by atoms with Gasteiger partial charge in [-0.1, -0.05) is 54.9 Å². The zero-order valence-corrected chi connectivity index (χ0v) is 14.4. The minimum atomic E-state index is -0.279. The van der Waals surface area contributed by atoms with E-state index in [0.717, 1.165) is 18.6 Å². The van der Waals surface area contributed by atoms with Crippen LogP contribution in [0, 0.1) is 0 Å². The first-order chi connectivity index (χ1) is 9.77. The molecular formula is C15H14NO2S3+. The number of thioether (sulfide) groups is 2. The predicted molar refractivity (Wildman–Crippen MR) is 90.0 cm³/mol. The van der Waals surface area contributed by atoms with E-state index in [1.807, 2.05) is 0 Å². The molecule has 0 atom stereocenters. The van der Waals surface area contributed by atoms with E-state index < -0.39 is 0 Å². The largest absolute Gasteiger partial charge is 0.465 e. The fourth-order valence-electron chi connectivity index (χ4n) is 1.97. The predicted octanol–water partition coefficient (Wildman–Crippen LogP) is 3.91. The van der Waals surface area contributed by atoms with Gasteiger partial charge in [0.2, 0.25) is 0 Å². The van der Waals surface area contributed by atoms with Gasteiger partial charge < -0.3 is 4.74 Å². The maximum absolute atomic E-state index is 12.0. The van der Waals surface area contributed by atoms with E-state index in [1.165, 1.54) is 5.56 Å². The number of fused-ring (bicyclic) bond motifs is 1. The Morgan fingerprint density at radius 1 is 1.24 bits per heavy atom. The van der Waals surface area contributed by atoms with Gasteiger partial charge in [-0.25, -0.2) is 4.79 Å². The quantitative estimate of drug-likeness (QED) is 0.407. The van der Waals surface area contributed by atoms with Crippen molar-refractivity contribution in [2.75, 3.05) is 0 Å². The van der Waals surface area contributed by atoms with E-state index in [2.05, 4.69) is 45.7 Å². The van der Waals surface area contributed by atoms with Crippen LogP contribution in [0.5, 0.6) is 0 Å². The molecule has 0 aromatic heterocycles. The number of ether oxygens (including phenoxy) is 1. The van der Waals surface area contributed by atoms with Gasteiger partial charge in [-0.2, -0.15) is 0 Å².